The van der Waals surface area contributed by atoms with Crippen molar-refractivity contribution in [3.8, 4) is 10.7 Å². The summed E-state index contributed by atoms with van der Waals surface area (Å²) in [6, 6.07) is 9.17. The van der Waals surface area contributed by atoms with Crippen molar-refractivity contribution in [1.82, 2.24) is 9.97 Å². The fourth-order valence-electron chi connectivity index (χ4n) is 2.05. The van der Waals surface area contributed by atoms with Crippen LogP contribution in [-0.4, -0.2) is 40.6 Å². The van der Waals surface area contributed by atoms with Crippen molar-refractivity contribution in [2.24, 2.45) is 0 Å². The summed E-state index contributed by atoms with van der Waals surface area (Å²) in [5, 5.41) is 9.32. The predicted octanol–water partition coefficient (Wildman–Crippen LogP) is 3.18. The highest BCUT2D eigenvalue weighted by atomic mass is 32.2. The number of fused-ring (bicyclic) bond motifs is 1. The Balaban J connectivity index is 1.75. The molecular weight excluding hydrogens is 349 g/mol. The highest BCUT2D eigenvalue weighted by molar-refractivity contribution is 7.99. The summed E-state index contributed by atoms with van der Waals surface area (Å²) < 4.78 is 19.8. The van der Waals surface area contributed by atoms with Crippen LogP contribution in [0.2, 0.25) is 0 Å². The number of nitrogens with zero attached hydrogens (tertiary/aromatic N) is 2. The molecule has 0 atom stereocenters. The van der Waals surface area contributed by atoms with Crippen molar-refractivity contribution >= 4 is 39.0 Å². The fraction of sp³-hybridized carbons (Fsp3) is 0.250. The van der Waals surface area contributed by atoms with E-state index in [1.54, 1.807) is 17.8 Å². The lowest BCUT2D eigenvalue weighted by Gasteiger charge is -2.02. The van der Waals surface area contributed by atoms with Crippen molar-refractivity contribution in [3.63, 3.8) is 0 Å². The van der Waals surface area contributed by atoms with Gasteiger partial charge in [0.05, 0.1) is 35.7 Å². The van der Waals surface area contributed by atoms with E-state index >= 15 is 0 Å². The third kappa shape index (κ3) is 4.02. The highest BCUT2D eigenvalue weighted by Crippen LogP contribution is 2.32. The van der Waals surface area contributed by atoms with Crippen LogP contribution in [0, 0.1) is 5.95 Å². The molecule has 0 radical (unpaired) electrons. The van der Waals surface area contributed by atoms with Gasteiger partial charge in [0, 0.05) is 10.6 Å². The molecule has 126 valence electrons. The maximum Gasteiger partial charge on any atom is 0.236 e. The Morgan fingerprint density at radius 3 is 2.88 bits per heavy atom. The predicted molar refractivity (Wildman–Crippen MR) is 95.9 cm³/mol. The normalized spacial score (nSPS) is 11.2. The summed E-state index contributed by atoms with van der Waals surface area (Å²) in [7, 11) is 0. The number of halogens is 1. The van der Waals surface area contributed by atoms with Crippen molar-refractivity contribution in [2.75, 3.05) is 31.3 Å². The number of thiazole rings is 1. The zero-order valence-electron chi connectivity index (χ0n) is 12.7. The number of hydrogen-bond acceptors (Lipinski definition) is 7. The summed E-state index contributed by atoms with van der Waals surface area (Å²) >= 11 is 3.14. The molecule has 0 aliphatic rings. The second kappa shape index (κ2) is 7.89. The first kappa shape index (κ1) is 17.1. The summed E-state index contributed by atoms with van der Waals surface area (Å²) in [6.45, 7) is 0.995. The second-order valence-corrected chi connectivity index (χ2v) is 7.11. The summed E-state index contributed by atoms with van der Waals surface area (Å²) in [4.78, 5) is 9.47. The number of thioether (sulfide) groups is 1. The molecule has 3 aromatic rings. The molecule has 8 heteroatoms. The number of nitrogen functional groups attached to an aromatic ring is 1. The lowest BCUT2D eigenvalue weighted by atomic mass is 10.3. The molecule has 0 bridgehead atoms. The molecule has 24 heavy (non-hydrogen) atoms. The topological polar surface area (TPSA) is 81.3 Å². The van der Waals surface area contributed by atoms with Gasteiger partial charge in [0.25, 0.3) is 0 Å². The Morgan fingerprint density at radius 2 is 2.08 bits per heavy atom. The quantitative estimate of drug-likeness (QED) is 0.380. The van der Waals surface area contributed by atoms with Crippen LogP contribution in [0.3, 0.4) is 0 Å². The molecule has 0 unspecified atom stereocenters. The molecule has 2 heterocycles. The van der Waals surface area contributed by atoms with Crippen LogP contribution in [0.15, 0.2) is 35.2 Å². The first-order valence-corrected chi connectivity index (χ1v) is 9.12. The average Bonchev–Trinajstić information content (AvgIpc) is 3.00. The van der Waals surface area contributed by atoms with Gasteiger partial charge in [0.15, 0.2) is 0 Å². The van der Waals surface area contributed by atoms with Crippen molar-refractivity contribution in [2.45, 2.75) is 4.90 Å². The maximum atomic E-state index is 13.5. The third-order valence-electron chi connectivity index (χ3n) is 3.19. The Morgan fingerprint density at radius 1 is 1.21 bits per heavy atom. The standard InChI is InChI=1S/C16H16FN3O2S2/c17-15-11(18)2-4-13(19-15)16-20-12-3-1-10(9-14(12)24-16)23-8-7-22-6-5-21/h1-4,9,21H,5-8,18H2. The molecular formula is C16H16FN3O2S2. The van der Waals surface area contributed by atoms with Gasteiger partial charge < -0.3 is 15.6 Å². The number of pyridine rings is 1. The second-order valence-electron chi connectivity index (χ2n) is 4.91. The van der Waals surface area contributed by atoms with Crippen LogP contribution in [0.1, 0.15) is 0 Å². The van der Waals surface area contributed by atoms with E-state index in [-0.39, 0.29) is 12.3 Å². The molecule has 0 fully saturated rings. The van der Waals surface area contributed by atoms with Crippen LogP contribution < -0.4 is 5.73 Å². The largest absolute Gasteiger partial charge is 0.395 e. The van der Waals surface area contributed by atoms with Crippen LogP contribution in [0.25, 0.3) is 20.9 Å². The summed E-state index contributed by atoms with van der Waals surface area (Å²) in [5.41, 5.74) is 6.82. The Kier molecular flexibility index (Phi) is 5.62. The SMILES string of the molecule is Nc1ccc(-c2nc3ccc(SCCOCCO)cc3s2)nc1F. The molecule has 3 N–H and O–H groups in total. The lowest BCUT2D eigenvalue weighted by molar-refractivity contribution is 0.103. The van der Waals surface area contributed by atoms with Gasteiger partial charge in [0.1, 0.15) is 10.7 Å². The van der Waals surface area contributed by atoms with Gasteiger partial charge >= 0.3 is 0 Å². The number of ether oxygens (including phenoxy) is 1. The summed E-state index contributed by atoms with van der Waals surface area (Å²) in [5.74, 6) is 0.132. The van der Waals surface area contributed by atoms with Crippen LogP contribution >= 0.6 is 23.1 Å². The van der Waals surface area contributed by atoms with Gasteiger partial charge in [-0.3, -0.25) is 0 Å². The molecule has 0 aliphatic carbocycles. The monoisotopic (exact) mass is 365 g/mol. The van der Waals surface area contributed by atoms with Crippen LogP contribution in [0.5, 0.6) is 0 Å². The van der Waals surface area contributed by atoms with Crippen molar-refractivity contribution in [3.05, 3.63) is 36.3 Å². The zero-order chi connectivity index (χ0) is 16.9. The maximum absolute atomic E-state index is 13.5. The Hall–Kier alpha value is -1.74. The van der Waals surface area contributed by atoms with Gasteiger partial charge in [-0.2, -0.15) is 4.39 Å². The van der Waals surface area contributed by atoms with E-state index in [0.29, 0.717) is 23.9 Å². The molecule has 0 amide bonds. The highest BCUT2D eigenvalue weighted by Gasteiger charge is 2.10. The third-order valence-corrected chi connectivity index (χ3v) is 5.19. The molecule has 0 saturated heterocycles. The molecule has 1 aromatic carbocycles. The number of anilines is 1. The van der Waals surface area contributed by atoms with E-state index in [1.807, 2.05) is 12.1 Å². The van der Waals surface area contributed by atoms with Gasteiger partial charge in [-0.05, 0) is 30.3 Å². The number of nitrogens with two attached hydrogens (primary N) is 1. The minimum absolute atomic E-state index is 0.0296. The zero-order valence-corrected chi connectivity index (χ0v) is 14.4. The van der Waals surface area contributed by atoms with Gasteiger partial charge in [-0.25, -0.2) is 9.97 Å². The smallest absolute Gasteiger partial charge is 0.236 e. The first-order valence-electron chi connectivity index (χ1n) is 7.32. The number of benzene rings is 1. The molecule has 0 saturated carbocycles. The van der Waals surface area contributed by atoms with Gasteiger partial charge in [-0.1, -0.05) is 0 Å². The number of rotatable bonds is 7. The minimum atomic E-state index is -0.675. The molecule has 0 spiro atoms. The number of aromatic nitrogens is 2. The fourth-order valence-corrected chi connectivity index (χ4v) is 3.91. The number of hydrogen-bond donors (Lipinski definition) is 2. The van der Waals surface area contributed by atoms with E-state index in [0.717, 1.165) is 20.9 Å². The molecule has 3 rings (SSSR count). The average molecular weight is 365 g/mol. The number of aliphatic hydroxyl groups excluding tert-OH is 1. The van der Waals surface area contributed by atoms with E-state index in [1.165, 1.54) is 17.4 Å². The Bertz CT molecular complexity index is 841. The first-order chi connectivity index (χ1) is 11.7. The van der Waals surface area contributed by atoms with E-state index < -0.39 is 5.95 Å². The van der Waals surface area contributed by atoms with E-state index in [4.69, 9.17) is 15.6 Å². The number of aliphatic hydroxyl groups is 1. The van der Waals surface area contributed by atoms with Crippen LogP contribution in [0.4, 0.5) is 10.1 Å². The summed E-state index contributed by atoms with van der Waals surface area (Å²) in [6.07, 6.45) is 0. The van der Waals surface area contributed by atoms with Crippen molar-refractivity contribution in [1.29, 1.82) is 0 Å². The van der Waals surface area contributed by atoms with Crippen molar-refractivity contribution < 1.29 is 14.2 Å². The van der Waals surface area contributed by atoms with E-state index in [9.17, 15) is 4.39 Å². The van der Waals surface area contributed by atoms with E-state index in [2.05, 4.69) is 16.0 Å². The minimum Gasteiger partial charge on any atom is -0.395 e. The van der Waals surface area contributed by atoms with Crippen LogP contribution in [-0.2, 0) is 4.74 Å². The Labute approximate surface area is 146 Å². The lowest BCUT2D eigenvalue weighted by Crippen LogP contribution is -2.02. The molecule has 2 aromatic heterocycles. The van der Waals surface area contributed by atoms with Gasteiger partial charge in [-0.15, -0.1) is 23.1 Å². The molecule has 0 aliphatic heterocycles. The van der Waals surface area contributed by atoms with Gasteiger partial charge in [0.2, 0.25) is 5.95 Å². The molecule has 5 nitrogen and oxygen atoms in total.